The summed E-state index contributed by atoms with van der Waals surface area (Å²) in [5.41, 5.74) is 4.50. The number of hydrogen-bond donors (Lipinski definition) is 1. The highest BCUT2D eigenvalue weighted by molar-refractivity contribution is 6.33. The number of fused-ring (bicyclic) bond motifs is 1. The molecule has 2 aromatic heterocycles. The van der Waals surface area contributed by atoms with Crippen LogP contribution in [0.25, 0.3) is 21.9 Å². The molecule has 3 saturated heterocycles. The van der Waals surface area contributed by atoms with E-state index >= 15 is 4.39 Å². The topological polar surface area (TPSA) is 126 Å². The van der Waals surface area contributed by atoms with Gasteiger partial charge in [0.2, 0.25) is 5.91 Å². The Hall–Kier alpha value is -5.50. The van der Waals surface area contributed by atoms with Gasteiger partial charge in [0.25, 0.3) is 17.4 Å². The smallest absolute Gasteiger partial charge is 0.273 e. The number of aromatic amines is 1. The van der Waals surface area contributed by atoms with E-state index in [4.69, 9.17) is 11.6 Å². The first-order valence-electron chi connectivity index (χ1n) is 20.9. The molecule has 60 heavy (non-hydrogen) atoms. The number of aromatic nitrogens is 3. The molecule has 0 saturated carbocycles. The van der Waals surface area contributed by atoms with E-state index < -0.39 is 11.7 Å². The maximum absolute atomic E-state index is 15.0. The van der Waals surface area contributed by atoms with Crippen molar-refractivity contribution in [1.82, 2.24) is 39.7 Å². The van der Waals surface area contributed by atoms with Crippen molar-refractivity contribution in [2.24, 2.45) is 5.92 Å². The minimum Gasteiger partial charge on any atom is -0.338 e. The van der Waals surface area contributed by atoms with Gasteiger partial charge in [0.05, 0.1) is 28.2 Å². The van der Waals surface area contributed by atoms with Crippen molar-refractivity contribution in [3.8, 4) is 11.1 Å². The molecule has 5 aromatic rings. The Kier molecular flexibility index (Phi) is 12.7. The number of piperidine rings is 1. The Morgan fingerprint density at radius 2 is 1.45 bits per heavy atom. The SMILES string of the molecule is CCc1cccc(-c2cnc(C(=O)N3CCC(CN4CCN(CC(=O)N5CCN(C(=O)c6cc(Cc7n[nH]c(=O)c8ccccc78)ccc6F)CC5)CC4)CC3)c(Cl)c2)c1. The maximum atomic E-state index is 15.0. The van der Waals surface area contributed by atoms with Gasteiger partial charge in [0.1, 0.15) is 11.5 Å². The van der Waals surface area contributed by atoms with E-state index in [-0.39, 0.29) is 22.9 Å². The first-order chi connectivity index (χ1) is 29.1. The Morgan fingerprint density at radius 1 is 0.750 bits per heavy atom. The number of amides is 3. The molecule has 3 amide bonds. The van der Waals surface area contributed by atoms with Gasteiger partial charge in [-0.2, -0.15) is 5.10 Å². The third-order valence-corrected chi connectivity index (χ3v) is 12.6. The highest BCUT2D eigenvalue weighted by atomic mass is 35.5. The first kappa shape index (κ1) is 41.2. The van der Waals surface area contributed by atoms with Crippen LogP contribution in [0.4, 0.5) is 4.39 Å². The number of nitrogens with zero attached hydrogens (tertiary/aromatic N) is 7. The lowest BCUT2D eigenvalue weighted by Crippen LogP contribution is -2.55. The maximum Gasteiger partial charge on any atom is 0.273 e. The molecule has 0 bridgehead atoms. The number of hydrogen-bond acceptors (Lipinski definition) is 8. The van der Waals surface area contributed by atoms with Crippen LogP contribution in [-0.2, 0) is 17.6 Å². The average molecular weight is 833 g/mol. The number of H-pyrrole nitrogens is 1. The molecule has 312 valence electrons. The van der Waals surface area contributed by atoms with Crippen molar-refractivity contribution >= 4 is 40.1 Å². The molecule has 3 aliphatic heterocycles. The number of pyridine rings is 1. The molecule has 14 heteroatoms. The van der Waals surface area contributed by atoms with Gasteiger partial charge in [-0.25, -0.2) is 14.5 Å². The van der Waals surface area contributed by atoms with Crippen LogP contribution in [0.3, 0.4) is 0 Å². The number of carbonyl (C=O) groups excluding carboxylic acids is 3. The number of likely N-dealkylation sites (tertiary alicyclic amines) is 1. The molecule has 0 radical (unpaired) electrons. The van der Waals surface area contributed by atoms with Gasteiger partial charge in [-0.3, -0.25) is 24.1 Å². The molecule has 0 unspecified atom stereocenters. The minimum atomic E-state index is -0.601. The Balaban J connectivity index is 0.757. The summed E-state index contributed by atoms with van der Waals surface area (Å²) < 4.78 is 15.0. The fraction of sp³-hybridized carbons (Fsp3) is 0.391. The lowest BCUT2D eigenvalue weighted by Gasteiger charge is -2.40. The summed E-state index contributed by atoms with van der Waals surface area (Å²) in [6.45, 7) is 9.52. The number of piperazine rings is 2. The summed E-state index contributed by atoms with van der Waals surface area (Å²) in [7, 11) is 0. The summed E-state index contributed by atoms with van der Waals surface area (Å²) in [5, 5.41) is 8.35. The number of benzene rings is 3. The number of nitrogens with one attached hydrogen (secondary N) is 1. The van der Waals surface area contributed by atoms with E-state index in [1.165, 1.54) is 11.6 Å². The number of halogens is 2. The van der Waals surface area contributed by atoms with Crippen molar-refractivity contribution in [2.75, 3.05) is 78.5 Å². The molecular formula is C46H50ClFN8O4. The second kappa shape index (κ2) is 18.4. The van der Waals surface area contributed by atoms with E-state index in [1.54, 1.807) is 40.3 Å². The molecule has 8 rings (SSSR count). The Bertz CT molecular complexity index is 2440. The van der Waals surface area contributed by atoms with Crippen LogP contribution in [0.2, 0.25) is 5.02 Å². The normalized spacial score (nSPS) is 17.0. The second-order valence-corrected chi connectivity index (χ2v) is 16.5. The van der Waals surface area contributed by atoms with Gasteiger partial charge in [-0.1, -0.05) is 67.1 Å². The summed E-state index contributed by atoms with van der Waals surface area (Å²) in [6, 6.07) is 21.8. The molecule has 0 atom stereocenters. The van der Waals surface area contributed by atoms with E-state index in [0.717, 1.165) is 63.1 Å². The van der Waals surface area contributed by atoms with Crippen LogP contribution in [0.5, 0.6) is 0 Å². The molecule has 0 spiro atoms. The Morgan fingerprint density at radius 3 is 2.18 bits per heavy atom. The molecule has 5 heterocycles. The third-order valence-electron chi connectivity index (χ3n) is 12.3. The largest absolute Gasteiger partial charge is 0.338 e. The first-order valence-corrected chi connectivity index (χ1v) is 21.3. The van der Waals surface area contributed by atoms with Crippen molar-refractivity contribution in [3.63, 3.8) is 0 Å². The van der Waals surface area contributed by atoms with Crippen LogP contribution in [0.1, 0.15) is 57.4 Å². The summed E-state index contributed by atoms with van der Waals surface area (Å²) in [5.74, 6) is -0.603. The second-order valence-electron chi connectivity index (χ2n) is 16.1. The van der Waals surface area contributed by atoms with E-state index in [9.17, 15) is 19.2 Å². The Labute approximate surface area is 353 Å². The van der Waals surface area contributed by atoms with Gasteiger partial charge in [0.15, 0.2) is 0 Å². The van der Waals surface area contributed by atoms with Gasteiger partial charge < -0.3 is 19.6 Å². The molecule has 1 N–H and O–H groups in total. The lowest BCUT2D eigenvalue weighted by molar-refractivity contribution is -0.134. The summed E-state index contributed by atoms with van der Waals surface area (Å²) in [4.78, 5) is 66.9. The third kappa shape index (κ3) is 9.28. The van der Waals surface area contributed by atoms with Gasteiger partial charge >= 0.3 is 0 Å². The molecule has 3 fully saturated rings. The van der Waals surface area contributed by atoms with E-state index in [1.807, 2.05) is 35.2 Å². The zero-order valence-corrected chi connectivity index (χ0v) is 34.7. The highest BCUT2D eigenvalue weighted by Gasteiger charge is 2.31. The highest BCUT2D eigenvalue weighted by Crippen LogP contribution is 2.28. The monoisotopic (exact) mass is 832 g/mol. The van der Waals surface area contributed by atoms with Gasteiger partial charge in [0, 0.05) is 95.6 Å². The fourth-order valence-corrected chi connectivity index (χ4v) is 8.90. The van der Waals surface area contributed by atoms with E-state index in [2.05, 4.69) is 44.0 Å². The lowest BCUT2D eigenvalue weighted by atomic mass is 9.95. The molecule has 12 nitrogen and oxygen atoms in total. The number of rotatable bonds is 10. The quantitative estimate of drug-likeness (QED) is 0.199. The predicted octanol–water partition coefficient (Wildman–Crippen LogP) is 5.39. The van der Waals surface area contributed by atoms with Gasteiger partial charge in [-0.15, -0.1) is 0 Å². The zero-order chi connectivity index (χ0) is 41.8. The van der Waals surface area contributed by atoms with Crippen LogP contribution in [0, 0.1) is 11.7 Å². The standard InChI is InChI=1S/C46H50ClFN8O4/c1-2-31-6-5-7-34(24-31)35-27-39(47)43(49-28-35)46(60)55-14-12-32(13-15-55)29-52-16-18-53(19-17-52)30-42(57)54-20-22-56(23-21-54)45(59)38-25-33(10-11-40(38)48)26-41-36-8-3-4-9-37(36)44(58)51-50-41/h3-11,24-25,27-28,32H,2,12-23,26,29-30H2,1H3,(H,51,58). The van der Waals surface area contributed by atoms with Crippen molar-refractivity contribution < 1.29 is 18.8 Å². The molecule has 3 aromatic carbocycles. The number of aryl methyl sites for hydroxylation is 1. The summed E-state index contributed by atoms with van der Waals surface area (Å²) in [6.07, 6.45) is 4.83. The van der Waals surface area contributed by atoms with Gasteiger partial charge in [-0.05, 0) is 66.1 Å². The van der Waals surface area contributed by atoms with Crippen molar-refractivity contribution in [3.05, 3.63) is 128 Å². The zero-order valence-electron chi connectivity index (χ0n) is 33.9. The minimum absolute atomic E-state index is 0.0181. The van der Waals surface area contributed by atoms with Crippen LogP contribution >= 0.6 is 11.6 Å². The summed E-state index contributed by atoms with van der Waals surface area (Å²) >= 11 is 6.62. The predicted molar refractivity (Wildman–Crippen MR) is 230 cm³/mol. The van der Waals surface area contributed by atoms with Crippen LogP contribution in [-0.4, -0.2) is 136 Å². The number of carbonyl (C=O) groups is 3. The van der Waals surface area contributed by atoms with Crippen molar-refractivity contribution in [2.45, 2.75) is 32.6 Å². The average Bonchev–Trinajstić information content (AvgIpc) is 3.28. The van der Waals surface area contributed by atoms with Crippen LogP contribution in [0.15, 0.2) is 83.8 Å². The van der Waals surface area contributed by atoms with Crippen molar-refractivity contribution in [1.29, 1.82) is 0 Å². The fourth-order valence-electron chi connectivity index (χ4n) is 8.65. The molecule has 0 aliphatic carbocycles. The van der Waals surface area contributed by atoms with Crippen LogP contribution < -0.4 is 5.56 Å². The molecular weight excluding hydrogens is 783 g/mol. The van der Waals surface area contributed by atoms with E-state index in [0.29, 0.717) is 90.9 Å². The molecule has 3 aliphatic rings.